The van der Waals surface area contributed by atoms with Gasteiger partial charge in [0.1, 0.15) is 11.7 Å². The van der Waals surface area contributed by atoms with Crippen molar-refractivity contribution in [1.82, 2.24) is 10.2 Å². The minimum atomic E-state index is -5.08. The molecule has 0 spiro atoms. The van der Waals surface area contributed by atoms with Crippen LogP contribution < -0.4 is 5.32 Å². The fourth-order valence-electron chi connectivity index (χ4n) is 2.37. The van der Waals surface area contributed by atoms with Crippen LogP contribution in [-0.4, -0.2) is 71.0 Å². The Kier molecular flexibility index (Phi) is 9.39. The van der Waals surface area contributed by atoms with Crippen LogP contribution in [0.3, 0.4) is 0 Å². The molecule has 1 aliphatic rings. The van der Waals surface area contributed by atoms with Crippen LogP contribution in [0.1, 0.15) is 32.6 Å². The quantitative estimate of drug-likeness (QED) is 0.460. The summed E-state index contributed by atoms with van der Waals surface area (Å²) in [5.41, 5.74) is -1.13. The van der Waals surface area contributed by atoms with E-state index < -0.39 is 29.8 Å². The average Bonchev–Trinajstić information content (AvgIpc) is 2.44. The minimum Gasteiger partial charge on any atom is -0.480 e. The molecular weight excluding hydrogens is 352 g/mol. The molecule has 1 saturated heterocycles. The largest absolute Gasteiger partial charge is 0.490 e. The lowest BCUT2D eigenvalue weighted by atomic mass is 9.96. The third kappa shape index (κ3) is 10.5. The summed E-state index contributed by atoms with van der Waals surface area (Å²) in [5, 5.41) is 18.2. The van der Waals surface area contributed by atoms with Gasteiger partial charge >= 0.3 is 18.1 Å². The number of rotatable bonds is 7. The molecule has 1 heterocycles. The Hall–Kier alpha value is -1.91. The molecule has 0 aromatic rings. The number of carbonyl (C=O) groups excluding carboxylic acids is 1. The molecule has 0 saturated carbocycles. The Bertz CT molecular complexity index is 457. The first-order chi connectivity index (χ1) is 11.4. The highest BCUT2D eigenvalue weighted by molar-refractivity contribution is 5.76. The van der Waals surface area contributed by atoms with Crippen molar-refractivity contribution in [2.45, 2.75) is 50.5 Å². The number of amides is 1. The van der Waals surface area contributed by atoms with Gasteiger partial charge < -0.3 is 20.4 Å². The number of piperidine rings is 1. The number of carboxylic acid groups (broad SMARTS) is 2. The molecule has 146 valence electrons. The van der Waals surface area contributed by atoms with Crippen molar-refractivity contribution in [2.24, 2.45) is 0 Å². The molecule has 2 unspecified atom stereocenters. The Labute approximate surface area is 142 Å². The number of alkyl halides is 4. The Balaban J connectivity index is 0.000000697. The van der Waals surface area contributed by atoms with E-state index in [1.54, 1.807) is 6.92 Å². The summed E-state index contributed by atoms with van der Waals surface area (Å²) in [6.45, 7) is 3.54. The molecule has 1 fully saturated rings. The minimum absolute atomic E-state index is 0.369. The van der Waals surface area contributed by atoms with Crippen molar-refractivity contribution in [2.75, 3.05) is 19.6 Å². The second-order valence-electron chi connectivity index (χ2n) is 5.91. The van der Waals surface area contributed by atoms with Crippen LogP contribution in [-0.2, 0) is 14.4 Å². The van der Waals surface area contributed by atoms with Gasteiger partial charge in [0.05, 0.1) is 0 Å². The number of nitrogens with one attached hydrogen (secondary N) is 1. The van der Waals surface area contributed by atoms with E-state index in [4.69, 9.17) is 15.0 Å². The van der Waals surface area contributed by atoms with E-state index >= 15 is 0 Å². The zero-order chi connectivity index (χ0) is 19.7. The van der Waals surface area contributed by atoms with Crippen LogP contribution in [0.15, 0.2) is 0 Å². The van der Waals surface area contributed by atoms with Crippen molar-refractivity contribution >= 4 is 18.3 Å². The predicted octanol–water partition coefficient (Wildman–Crippen LogP) is 1.42. The molecular formula is C14H22F4N2O5. The molecule has 7 nitrogen and oxygen atoms in total. The average molecular weight is 374 g/mol. The van der Waals surface area contributed by atoms with E-state index in [0.717, 1.165) is 13.0 Å². The maximum absolute atomic E-state index is 13.8. The third-order valence-corrected chi connectivity index (χ3v) is 3.50. The SMILES string of the molecule is CC1(F)CCCN(CCCC(NC=O)C(=O)O)C1.O=C(O)C(F)(F)F. The highest BCUT2D eigenvalue weighted by atomic mass is 19.4. The van der Waals surface area contributed by atoms with Crippen LogP contribution in [0, 0.1) is 0 Å². The summed E-state index contributed by atoms with van der Waals surface area (Å²) < 4.78 is 45.5. The standard InChI is InChI=1S/C12H21FN2O3.C2HF3O2/c1-12(13)5-3-7-15(8-12)6-2-4-10(11(17)18)14-9-16;3-2(4,5)1(6)7/h9-10H,2-8H2,1H3,(H,14,16)(H,17,18);(H,6,7). The summed E-state index contributed by atoms with van der Waals surface area (Å²) in [6.07, 6.45) is -2.25. The lowest BCUT2D eigenvalue weighted by Crippen LogP contribution is -2.44. The first-order valence-electron chi connectivity index (χ1n) is 7.53. The monoisotopic (exact) mass is 374 g/mol. The predicted molar refractivity (Wildman–Crippen MR) is 78.7 cm³/mol. The first kappa shape index (κ1) is 23.1. The van der Waals surface area contributed by atoms with Crippen molar-refractivity contribution in [3.63, 3.8) is 0 Å². The topological polar surface area (TPSA) is 107 Å². The molecule has 11 heteroatoms. The van der Waals surface area contributed by atoms with Gasteiger partial charge in [-0.1, -0.05) is 0 Å². The number of hydrogen-bond donors (Lipinski definition) is 3. The molecule has 1 rings (SSSR count). The second-order valence-corrected chi connectivity index (χ2v) is 5.91. The van der Waals surface area contributed by atoms with Gasteiger partial charge in [-0.3, -0.25) is 4.79 Å². The fourth-order valence-corrected chi connectivity index (χ4v) is 2.37. The molecule has 0 aromatic carbocycles. The summed E-state index contributed by atoms with van der Waals surface area (Å²) in [5.74, 6) is -3.79. The molecule has 0 aliphatic carbocycles. The van der Waals surface area contributed by atoms with Crippen LogP contribution >= 0.6 is 0 Å². The van der Waals surface area contributed by atoms with Gasteiger partial charge in [0, 0.05) is 6.54 Å². The first-order valence-corrected chi connectivity index (χ1v) is 7.53. The van der Waals surface area contributed by atoms with Crippen LogP contribution in [0.25, 0.3) is 0 Å². The normalized spacial score (nSPS) is 22.3. The number of nitrogens with zero attached hydrogens (tertiary/aromatic N) is 1. The Morgan fingerprint density at radius 2 is 1.92 bits per heavy atom. The molecule has 1 aliphatic heterocycles. The Morgan fingerprint density at radius 3 is 2.32 bits per heavy atom. The lowest BCUT2D eigenvalue weighted by molar-refractivity contribution is -0.192. The zero-order valence-electron chi connectivity index (χ0n) is 13.7. The highest BCUT2D eigenvalue weighted by Crippen LogP contribution is 2.24. The van der Waals surface area contributed by atoms with Crippen molar-refractivity contribution in [3.05, 3.63) is 0 Å². The van der Waals surface area contributed by atoms with Crippen molar-refractivity contribution < 1.29 is 42.2 Å². The second kappa shape index (κ2) is 10.2. The van der Waals surface area contributed by atoms with E-state index in [-0.39, 0.29) is 0 Å². The summed E-state index contributed by atoms with van der Waals surface area (Å²) in [4.78, 5) is 31.9. The van der Waals surface area contributed by atoms with Gasteiger partial charge in [0.25, 0.3) is 0 Å². The molecule has 1 amide bonds. The summed E-state index contributed by atoms with van der Waals surface area (Å²) >= 11 is 0. The van der Waals surface area contributed by atoms with E-state index in [1.807, 2.05) is 4.90 Å². The number of aliphatic carboxylic acids is 2. The molecule has 25 heavy (non-hydrogen) atoms. The van der Waals surface area contributed by atoms with Crippen molar-refractivity contribution in [3.8, 4) is 0 Å². The maximum atomic E-state index is 13.8. The zero-order valence-corrected chi connectivity index (χ0v) is 13.7. The highest BCUT2D eigenvalue weighted by Gasteiger charge is 2.38. The van der Waals surface area contributed by atoms with Gasteiger partial charge in [0.2, 0.25) is 6.41 Å². The smallest absolute Gasteiger partial charge is 0.480 e. The van der Waals surface area contributed by atoms with E-state index in [1.165, 1.54) is 0 Å². The van der Waals surface area contributed by atoms with Crippen molar-refractivity contribution in [1.29, 1.82) is 0 Å². The van der Waals surface area contributed by atoms with Crippen LogP contribution in [0.4, 0.5) is 17.6 Å². The van der Waals surface area contributed by atoms with Gasteiger partial charge in [-0.25, -0.2) is 14.0 Å². The molecule has 2 atom stereocenters. The third-order valence-electron chi connectivity index (χ3n) is 3.50. The van der Waals surface area contributed by atoms with E-state index in [2.05, 4.69) is 5.32 Å². The van der Waals surface area contributed by atoms with Gasteiger partial charge in [0.15, 0.2) is 0 Å². The number of halogens is 4. The van der Waals surface area contributed by atoms with Gasteiger partial charge in [-0.05, 0) is 45.7 Å². The van der Waals surface area contributed by atoms with E-state index in [0.29, 0.717) is 38.8 Å². The van der Waals surface area contributed by atoms with E-state index in [9.17, 15) is 27.2 Å². The molecule has 0 radical (unpaired) electrons. The molecule has 0 bridgehead atoms. The molecule has 0 aromatic heterocycles. The maximum Gasteiger partial charge on any atom is 0.490 e. The van der Waals surface area contributed by atoms with Crippen LogP contribution in [0.5, 0.6) is 0 Å². The Morgan fingerprint density at radius 1 is 1.36 bits per heavy atom. The van der Waals surface area contributed by atoms with Crippen LogP contribution in [0.2, 0.25) is 0 Å². The fraction of sp³-hybridized carbons (Fsp3) is 0.786. The molecule has 3 N–H and O–H groups in total. The van der Waals surface area contributed by atoms with Gasteiger partial charge in [-0.15, -0.1) is 0 Å². The summed E-state index contributed by atoms with van der Waals surface area (Å²) in [6, 6.07) is -0.843. The summed E-state index contributed by atoms with van der Waals surface area (Å²) in [7, 11) is 0. The number of likely N-dealkylation sites (tertiary alicyclic amines) is 1. The van der Waals surface area contributed by atoms with Gasteiger partial charge in [-0.2, -0.15) is 13.2 Å². The number of hydrogen-bond acceptors (Lipinski definition) is 4. The number of carbonyl (C=O) groups is 3. The number of carboxylic acids is 2. The lowest BCUT2D eigenvalue weighted by Gasteiger charge is -2.35.